The van der Waals surface area contributed by atoms with Crippen LogP contribution in [-0.4, -0.2) is 48.6 Å². The minimum Gasteiger partial charge on any atom is -0.456 e. The summed E-state index contributed by atoms with van der Waals surface area (Å²) in [5.41, 5.74) is 0. The molecule has 1 aliphatic heterocycles. The molecule has 2 N–H and O–H groups in total. The van der Waals surface area contributed by atoms with E-state index in [4.69, 9.17) is 24.8 Å². The highest BCUT2D eigenvalue weighted by molar-refractivity contribution is 5.68. The molecule has 0 radical (unpaired) electrons. The van der Waals surface area contributed by atoms with Crippen LogP contribution in [0.3, 0.4) is 0 Å². The molecule has 0 aromatic heterocycles. The monoisotopic (exact) mass is 305 g/mol. The lowest BCUT2D eigenvalue weighted by Crippen LogP contribution is -2.61. The normalized spacial score (nSPS) is 32.1. The number of rotatable bonds is 4. The molecule has 1 aliphatic rings. The highest BCUT2D eigenvalue weighted by atomic mass is 16.8. The molecular formula is C12H19NO8. The summed E-state index contributed by atoms with van der Waals surface area (Å²) in [7, 11) is 0. The van der Waals surface area contributed by atoms with Gasteiger partial charge >= 0.3 is 17.9 Å². The lowest BCUT2D eigenvalue weighted by Gasteiger charge is -2.42. The summed E-state index contributed by atoms with van der Waals surface area (Å²) in [6.45, 7) is 5.12. The zero-order valence-electron chi connectivity index (χ0n) is 12.2. The summed E-state index contributed by atoms with van der Waals surface area (Å²) in [6.07, 6.45) is -5.04. The standard InChI is InChI=1S/C12H19NO8/c1-5-9(18-6(2)14)10(19-7(3)15)11(20-8(4)16)12(17-5)21-13/h5,9-12H,13H2,1-4H3/t5-,9+,10+,11-,12-/m0/s1. The third-order valence-electron chi connectivity index (χ3n) is 2.77. The first-order valence-electron chi connectivity index (χ1n) is 6.29. The summed E-state index contributed by atoms with van der Waals surface area (Å²) in [6, 6.07) is 0. The molecule has 9 nitrogen and oxygen atoms in total. The second kappa shape index (κ2) is 7.34. The molecule has 1 rings (SSSR count). The number of hydrogen-bond donors (Lipinski definition) is 1. The van der Waals surface area contributed by atoms with Crippen LogP contribution in [0.15, 0.2) is 0 Å². The quantitative estimate of drug-likeness (QED) is 0.412. The van der Waals surface area contributed by atoms with Crippen molar-refractivity contribution < 1.29 is 38.2 Å². The highest BCUT2D eigenvalue weighted by Crippen LogP contribution is 2.28. The Hall–Kier alpha value is -1.71. The summed E-state index contributed by atoms with van der Waals surface area (Å²) in [4.78, 5) is 38.2. The molecule has 0 saturated carbocycles. The van der Waals surface area contributed by atoms with E-state index in [0.29, 0.717) is 0 Å². The van der Waals surface area contributed by atoms with E-state index in [1.165, 1.54) is 13.8 Å². The fourth-order valence-corrected chi connectivity index (χ4v) is 2.08. The lowest BCUT2D eigenvalue weighted by molar-refractivity contribution is -0.302. The minimum atomic E-state index is -1.16. The van der Waals surface area contributed by atoms with Crippen molar-refractivity contribution in [3.05, 3.63) is 0 Å². The maximum Gasteiger partial charge on any atom is 0.303 e. The smallest absolute Gasteiger partial charge is 0.303 e. The fraction of sp³-hybridized carbons (Fsp3) is 0.750. The molecule has 9 heteroatoms. The number of hydrogen-bond acceptors (Lipinski definition) is 9. The molecule has 5 atom stereocenters. The van der Waals surface area contributed by atoms with Crippen molar-refractivity contribution in [1.29, 1.82) is 0 Å². The van der Waals surface area contributed by atoms with Gasteiger partial charge in [0, 0.05) is 20.8 Å². The van der Waals surface area contributed by atoms with E-state index in [2.05, 4.69) is 4.84 Å². The number of carbonyl (C=O) groups excluding carboxylic acids is 3. The van der Waals surface area contributed by atoms with Crippen molar-refractivity contribution in [1.82, 2.24) is 0 Å². The zero-order valence-corrected chi connectivity index (χ0v) is 12.2. The van der Waals surface area contributed by atoms with Crippen LogP contribution in [-0.2, 0) is 38.2 Å². The molecule has 0 amide bonds. The van der Waals surface area contributed by atoms with Crippen LogP contribution >= 0.6 is 0 Å². The third-order valence-corrected chi connectivity index (χ3v) is 2.77. The topological polar surface area (TPSA) is 123 Å². The van der Waals surface area contributed by atoms with Gasteiger partial charge in [0.05, 0.1) is 6.10 Å². The Bertz CT molecular complexity index is 412. The van der Waals surface area contributed by atoms with Gasteiger partial charge < -0.3 is 18.9 Å². The molecule has 0 spiro atoms. The predicted octanol–water partition coefficient (Wildman–Crippen LogP) is -0.583. The molecule has 0 bridgehead atoms. The molecule has 21 heavy (non-hydrogen) atoms. The Labute approximate surface area is 121 Å². The van der Waals surface area contributed by atoms with E-state index in [-0.39, 0.29) is 0 Å². The second-order valence-corrected chi connectivity index (χ2v) is 4.57. The van der Waals surface area contributed by atoms with E-state index < -0.39 is 48.6 Å². The maximum atomic E-state index is 11.3. The predicted molar refractivity (Wildman–Crippen MR) is 66.3 cm³/mol. The van der Waals surface area contributed by atoms with E-state index in [1.807, 2.05) is 0 Å². The van der Waals surface area contributed by atoms with Crippen molar-refractivity contribution >= 4 is 17.9 Å². The zero-order chi connectivity index (χ0) is 16.2. The van der Waals surface area contributed by atoms with Gasteiger partial charge in [-0.3, -0.25) is 19.2 Å². The van der Waals surface area contributed by atoms with Gasteiger partial charge in [0.1, 0.15) is 0 Å². The summed E-state index contributed by atoms with van der Waals surface area (Å²) in [5.74, 6) is 3.22. The van der Waals surface area contributed by atoms with E-state index >= 15 is 0 Å². The van der Waals surface area contributed by atoms with Crippen molar-refractivity contribution in [2.24, 2.45) is 5.90 Å². The van der Waals surface area contributed by atoms with Gasteiger partial charge in [-0.15, -0.1) is 0 Å². The lowest BCUT2D eigenvalue weighted by atomic mass is 9.99. The van der Waals surface area contributed by atoms with E-state index in [0.717, 1.165) is 6.92 Å². The van der Waals surface area contributed by atoms with Gasteiger partial charge in [0.25, 0.3) is 0 Å². The molecule has 120 valence electrons. The molecule has 1 heterocycles. The second-order valence-electron chi connectivity index (χ2n) is 4.57. The molecule has 0 aliphatic carbocycles. The Kier molecular flexibility index (Phi) is 6.06. The van der Waals surface area contributed by atoms with Gasteiger partial charge in [0.15, 0.2) is 18.3 Å². The van der Waals surface area contributed by atoms with Gasteiger partial charge in [-0.05, 0) is 6.92 Å². The fourth-order valence-electron chi connectivity index (χ4n) is 2.08. The first-order valence-corrected chi connectivity index (χ1v) is 6.29. The van der Waals surface area contributed by atoms with Crippen LogP contribution in [0.4, 0.5) is 0 Å². The average Bonchev–Trinajstić information content (AvgIpc) is 2.35. The Morgan fingerprint density at radius 1 is 0.857 bits per heavy atom. The first-order chi connectivity index (χ1) is 9.76. The van der Waals surface area contributed by atoms with Crippen molar-refractivity contribution in [2.45, 2.75) is 58.4 Å². The van der Waals surface area contributed by atoms with Crippen LogP contribution in [0.25, 0.3) is 0 Å². The van der Waals surface area contributed by atoms with Crippen molar-refractivity contribution in [2.75, 3.05) is 0 Å². The van der Waals surface area contributed by atoms with Crippen molar-refractivity contribution in [3.8, 4) is 0 Å². The van der Waals surface area contributed by atoms with Gasteiger partial charge in [-0.25, -0.2) is 5.90 Å². The van der Waals surface area contributed by atoms with E-state index in [9.17, 15) is 14.4 Å². The SMILES string of the molecule is CC(=O)O[C@H]1[C@H](OC(C)=O)[C@H](ON)O[C@@H](C)[C@H]1OC(C)=O. The number of carbonyl (C=O) groups is 3. The molecule has 0 aromatic rings. The first kappa shape index (κ1) is 17.3. The van der Waals surface area contributed by atoms with Gasteiger partial charge in [-0.2, -0.15) is 0 Å². The molecular weight excluding hydrogens is 286 g/mol. The van der Waals surface area contributed by atoms with Gasteiger partial charge in [0.2, 0.25) is 6.29 Å². The minimum absolute atomic E-state index is 0.596. The summed E-state index contributed by atoms with van der Waals surface area (Å²) < 4.78 is 20.6. The molecule has 1 saturated heterocycles. The van der Waals surface area contributed by atoms with Crippen LogP contribution < -0.4 is 5.90 Å². The van der Waals surface area contributed by atoms with Crippen LogP contribution in [0, 0.1) is 0 Å². The maximum absolute atomic E-state index is 11.3. The van der Waals surface area contributed by atoms with Crippen LogP contribution in [0.1, 0.15) is 27.7 Å². The van der Waals surface area contributed by atoms with Crippen molar-refractivity contribution in [3.63, 3.8) is 0 Å². The van der Waals surface area contributed by atoms with Crippen LogP contribution in [0.5, 0.6) is 0 Å². The molecule has 1 fully saturated rings. The largest absolute Gasteiger partial charge is 0.456 e. The van der Waals surface area contributed by atoms with Gasteiger partial charge in [-0.1, -0.05) is 0 Å². The molecule has 0 unspecified atom stereocenters. The highest BCUT2D eigenvalue weighted by Gasteiger charge is 2.50. The Morgan fingerprint density at radius 3 is 1.71 bits per heavy atom. The molecule has 0 aromatic carbocycles. The van der Waals surface area contributed by atoms with Crippen LogP contribution in [0.2, 0.25) is 0 Å². The third kappa shape index (κ3) is 4.66. The number of ether oxygens (including phenoxy) is 4. The summed E-state index contributed by atoms with van der Waals surface area (Å²) in [5, 5.41) is 0. The number of nitrogens with two attached hydrogens (primary N) is 1. The summed E-state index contributed by atoms with van der Waals surface area (Å²) >= 11 is 0. The van der Waals surface area contributed by atoms with E-state index in [1.54, 1.807) is 6.92 Å². The number of esters is 3. The Balaban J connectivity index is 3.08. The Morgan fingerprint density at radius 2 is 1.29 bits per heavy atom. The average molecular weight is 305 g/mol.